The van der Waals surface area contributed by atoms with Gasteiger partial charge >= 0.3 is 311 Å². The summed E-state index contributed by atoms with van der Waals surface area (Å²) in [5, 5.41) is 19.6. The van der Waals surface area contributed by atoms with Crippen LogP contribution in [0.25, 0.3) is 102 Å². The van der Waals surface area contributed by atoms with Gasteiger partial charge < -0.3 is 0 Å². The summed E-state index contributed by atoms with van der Waals surface area (Å²) in [5.74, 6) is 0. The first-order valence-electron chi connectivity index (χ1n) is 18.2. The van der Waals surface area contributed by atoms with E-state index in [9.17, 15) is 5.26 Å². The van der Waals surface area contributed by atoms with E-state index in [1.54, 1.807) is 0 Å². The van der Waals surface area contributed by atoms with Gasteiger partial charge in [-0.2, -0.15) is 0 Å². The molecule has 0 atom stereocenters. The molecule has 0 N–H and O–H groups in total. The fourth-order valence-corrected chi connectivity index (χ4v) is 11.2. The summed E-state index contributed by atoms with van der Waals surface area (Å²) in [6, 6.07) is 64.0. The molecule has 12 aromatic rings. The number of aromatic nitrogens is 3. The molecular weight excluding hydrogens is 724 g/mol. The number of fused-ring (bicyclic) bond motifs is 13. The van der Waals surface area contributed by atoms with Crippen molar-refractivity contribution < 1.29 is 0 Å². The maximum absolute atomic E-state index is 9.68. The van der Waals surface area contributed by atoms with E-state index >= 15 is 0 Å². The van der Waals surface area contributed by atoms with Crippen LogP contribution in [0.15, 0.2) is 170 Å². The van der Waals surface area contributed by atoms with Crippen LogP contribution in [-0.2, 0) is 0 Å². The number of hydrogen-bond acceptors (Lipinski definition) is 1. The third-order valence-corrected chi connectivity index (χ3v) is 13.7. The molecule has 12 rings (SSSR count). The average molecular weight is 752 g/mol. The summed E-state index contributed by atoms with van der Waals surface area (Å²) < 4.78 is 10.1. The predicted octanol–water partition coefficient (Wildman–Crippen LogP) is 12.2. The molecule has 4 heterocycles. The molecule has 0 saturated carbocycles. The summed E-state index contributed by atoms with van der Waals surface area (Å²) >= 11 is 0.216. The van der Waals surface area contributed by atoms with Gasteiger partial charge in [-0.15, -0.1) is 0 Å². The van der Waals surface area contributed by atoms with E-state index in [1.807, 2.05) is 12.1 Å². The third-order valence-electron chi connectivity index (χ3n) is 11.2. The second kappa shape index (κ2) is 11.1. The minimum atomic E-state index is 0.216. The molecule has 0 aliphatic heterocycles. The standard InChI is InChI=1S/C49H28N4Se/c50-29-30-18-22-44-38(26-30)35-13-5-7-15-41(35)51(44)32-19-24-46-39(27-32)40-28-33(20-25-47(40)54-46)52-43-17-9-6-14-37(43)48-45(52)23-21-36-34-12-4-8-16-42(34)53(49(36)48)31-10-2-1-3-11-31/h1-28H. The van der Waals surface area contributed by atoms with Crippen molar-refractivity contribution in [3.05, 3.63) is 175 Å². The van der Waals surface area contributed by atoms with E-state index in [2.05, 4.69) is 177 Å². The van der Waals surface area contributed by atoms with E-state index in [0.29, 0.717) is 5.56 Å². The molecule has 0 radical (unpaired) electrons. The van der Waals surface area contributed by atoms with Crippen LogP contribution in [0.3, 0.4) is 0 Å². The Balaban J connectivity index is 1.13. The van der Waals surface area contributed by atoms with Crippen molar-refractivity contribution in [2.45, 2.75) is 0 Å². The zero-order chi connectivity index (χ0) is 35.5. The van der Waals surface area contributed by atoms with Crippen LogP contribution in [0.2, 0.25) is 0 Å². The molecule has 0 unspecified atom stereocenters. The number of benzene rings is 8. The van der Waals surface area contributed by atoms with Crippen LogP contribution in [0, 0.1) is 11.3 Å². The van der Waals surface area contributed by atoms with Crippen LogP contribution in [-0.4, -0.2) is 28.2 Å². The summed E-state index contributed by atoms with van der Waals surface area (Å²) in [7, 11) is 0. The van der Waals surface area contributed by atoms with E-state index < -0.39 is 0 Å². The van der Waals surface area contributed by atoms with Gasteiger partial charge in [0, 0.05) is 0 Å². The van der Waals surface area contributed by atoms with Crippen molar-refractivity contribution in [3.63, 3.8) is 0 Å². The molecule has 250 valence electrons. The molecular formula is C49H28N4Se. The van der Waals surface area contributed by atoms with E-state index in [0.717, 1.165) is 38.9 Å². The fourth-order valence-electron chi connectivity index (χ4n) is 8.98. The van der Waals surface area contributed by atoms with Crippen molar-refractivity contribution in [3.8, 4) is 23.1 Å². The summed E-state index contributed by atoms with van der Waals surface area (Å²) in [5.41, 5.74) is 11.2. The topological polar surface area (TPSA) is 38.6 Å². The van der Waals surface area contributed by atoms with Crippen LogP contribution in [0.4, 0.5) is 0 Å². The molecule has 4 nitrogen and oxygen atoms in total. The van der Waals surface area contributed by atoms with Crippen molar-refractivity contribution in [1.29, 1.82) is 5.26 Å². The Bertz CT molecular complexity index is 3570. The summed E-state index contributed by atoms with van der Waals surface area (Å²) in [6.45, 7) is 0. The predicted molar refractivity (Wildman–Crippen MR) is 226 cm³/mol. The van der Waals surface area contributed by atoms with Gasteiger partial charge in [0.2, 0.25) is 0 Å². The molecule has 5 heteroatoms. The fraction of sp³-hybridized carbons (Fsp3) is 0. The molecule has 0 aliphatic rings. The third kappa shape index (κ3) is 4.01. The Morgan fingerprint density at radius 3 is 1.59 bits per heavy atom. The minimum absolute atomic E-state index is 0.216. The van der Waals surface area contributed by atoms with Gasteiger partial charge in [0.1, 0.15) is 0 Å². The van der Waals surface area contributed by atoms with Gasteiger partial charge in [-0.05, 0) is 0 Å². The van der Waals surface area contributed by atoms with Crippen LogP contribution < -0.4 is 0 Å². The van der Waals surface area contributed by atoms with Gasteiger partial charge in [-0.3, -0.25) is 0 Å². The number of nitrogens with zero attached hydrogens (tertiary/aromatic N) is 4. The molecule has 0 fully saturated rings. The zero-order valence-corrected chi connectivity index (χ0v) is 30.6. The normalized spacial score (nSPS) is 12.1. The van der Waals surface area contributed by atoms with Gasteiger partial charge in [0.25, 0.3) is 0 Å². The van der Waals surface area contributed by atoms with Crippen molar-refractivity contribution in [1.82, 2.24) is 13.7 Å². The van der Waals surface area contributed by atoms with Crippen LogP contribution in [0.1, 0.15) is 5.56 Å². The van der Waals surface area contributed by atoms with Gasteiger partial charge in [-0.1, -0.05) is 6.07 Å². The maximum atomic E-state index is 9.68. The second-order valence-electron chi connectivity index (χ2n) is 14.1. The van der Waals surface area contributed by atoms with E-state index in [4.69, 9.17) is 0 Å². The Morgan fingerprint density at radius 2 is 0.907 bits per heavy atom. The number of rotatable bonds is 3. The molecule has 54 heavy (non-hydrogen) atoms. The summed E-state index contributed by atoms with van der Waals surface area (Å²) in [6.07, 6.45) is 0. The molecule has 0 saturated heterocycles. The Hall–Kier alpha value is -6.83. The number of nitriles is 1. The molecule has 0 amide bonds. The first-order valence-corrected chi connectivity index (χ1v) is 19.9. The quantitative estimate of drug-likeness (QED) is 0.166. The number of para-hydroxylation sites is 4. The van der Waals surface area contributed by atoms with Crippen LogP contribution in [0.5, 0.6) is 0 Å². The SMILES string of the molecule is N#Cc1ccc2c(c1)c1ccccc1n2-c1ccc2[se]c3ccc(-n4c5ccccc5c5c4ccc4c6ccccc6n(-c6ccccc6)c45)cc3c2c1. The Labute approximate surface area is 315 Å². The molecule has 0 aliphatic carbocycles. The monoisotopic (exact) mass is 752 g/mol. The molecule has 0 bridgehead atoms. The van der Waals surface area contributed by atoms with Crippen molar-refractivity contribution in [2.24, 2.45) is 0 Å². The molecule has 4 aromatic heterocycles. The zero-order valence-electron chi connectivity index (χ0n) is 28.9. The second-order valence-corrected chi connectivity index (χ2v) is 16.3. The summed E-state index contributed by atoms with van der Waals surface area (Å²) in [4.78, 5) is 0. The van der Waals surface area contributed by atoms with E-state index in [-0.39, 0.29) is 14.5 Å². The number of hydrogen-bond donors (Lipinski definition) is 0. The van der Waals surface area contributed by atoms with Crippen molar-refractivity contribution >= 4 is 99.2 Å². The van der Waals surface area contributed by atoms with Crippen molar-refractivity contribution in [2.75, 3.05) is 0 Å². The van der Waals surface area contributed by atoms with Gasteiger partial charge in [0.15, 0.2) is 0 Å². The molecule has 0 spiro atoms. The Kier molecular flexibility index (Phi) is 6.10. The first-order chi connectivity index (χ1) is 26.7. The van der Waals surface area contributed by atoms with Gasteiger partial charge in [-0.25, -0.2) is 0 Å². The van der Waals surface area contributed by atoms with Crippen LogP contribution >= 0.6 is 0 Å². The first kappa shape index (κ1) is 29.7. The van der Waals surface area contributed by atoms with Gasteiger partial charge in [0.05, 0.1) is 0 Å². The Morgan fingerprint density at radius 1 is 0.370 bits per heavy atom. The van der Waals surface area contributed by atoms with E-state index in [1.165, 1.54) is 62.9 Å². The average Bonchev–Trinajstić information content (AvgIpc) is 3.96. The molecule has 8 aromatic carbocycles.